The van der Waals surface area contributed by atoms with E-state index in [1.165, 1.54) is 0 Å². The average Bonchev–Trinajstić information content (AvgIpc) is 3.22. The van der Waals surface area contributed by atoms with Gasteiger partial charge in [-0.1, -0.05) is 0 Å². The quantitative estimate of drug-likeness (QED) is 0.595. The van der Waals surface area contributed by atoms with Crippen LogP contribution >= 0.6 is 0 Å². The minimum atomic E-state index is -0.430. The van der Waals surface area contributed by atoms with Gasteiger partial charge in [0.25, 0.3) is 5.91 Å². The number of carbonyl (C=O) groups excluding carboxylic acids is 2. The smallest absolute Gasteiger partial charge is 0.253 e. The Bertz CT molecular complexity index is 526. The molecule has 1 atom stereocenters. The zero-order valence-corrected chi connectivity index (χ0v) is 11.7. The van der Waals surface area contributed by atoms with Gasteiger partial charge >= 0.3 is 0 Å². The molecule has 108 valence electrons. The Hall–Kier alpha value is -2.24. The number of anilines is 2. The molecule has 0 saturated heterocycles. The largest absolute Gasteiger partial charge is 0.399 e. The van der Waals surface area contributed by atoms with E-state index in [0.29, 0.717) is 23.0 Å². The van der Waals surface area contributed by atoms with Crippen molar-refractivity contribution < 1.29 is 9.59 Å². The normalized spacial score (nSPS) is 15.3. The summed E-state index contributed by atoms with van der Waals surface area (Å²) in [5.74, 6) is -0.292. The van der Waals surface area contributed by atoms with Gasteiger partial charge in [-0.25, -0.2) is 0 Å². The highest BCUT2D eigenvalue weighted by atomic mass is 16.2. The molecule has 1 aliphatic carbocycles. The molecule has 1 aliphatic rings. The first kappa shape index (κ1) is 14.2. The average molecular weight is 276 g/mol. The van der Waals surface area contributed by atoms with Crippen LogP contribution in [0.25, 0.3) is 0 Å². The zero-order valence-electron chi connectivity index (χ0n) is 11.7. The standard InChI is InChI=1S/C14H20N4O2/c1-8(13(19)18-10-4-5-10)17-12-7-9(15)3-6-11(12)14(20)16-2/h3,6-8,10,17H,4-5,15H2,1-2H3,(H,16,20)(H,18,19). The number of hydrogen-bond donors (Lipinski definition) is 4. The Morgan fingerprint density at radius 1 is 1.35 bits per heavy atom. The first-order chi connectivity index (χ1) is 9.51. The van der Waals surface area contributed by atoms with Gasteiger partial charge < -0.3 is 21.7 Å². The molecule has 6 nitrogen and oxygen atoms in total. The molecule has 0 aliphatic heterocycles. The van der Waals surface area contributed by atoms with E-state index in [4.69, 9.17) is 5.73 Å². The van der Waals surface area contributed by atoms with Crippen LogP contribution in [0.1, 0.15) is 30.1 Å². The third-order valence-electron chi connectivity index (χ3n) is 3.20. The van der Waals surface area contributed by atoms with E-state index in [1.807, 2.05) is 0 Å². The van der Waals surface area contributed by atoms with Crippen LogP contribution in [-0.4, -0.2) is 30.9 Å². The van der Waals surface area contributed by atoms with Crippen LogP contribution in [0.2, 0.25) is 0 Å². The molecule has 0 spiro atoms. The molecule has 1 fully saturated rings. The van der Waals surface area contributed by atoms with Crippen LogP contribution in [0, 0.1) is 0 Å². The minimum absolute atomic E-state index is 0.0715. The minimum Gasteiger partial charge on any atom is -0.399 e. The lowest BCUT2D eigenvalue weighted by atomic mass is 10.1. The second-order valence-electron chi connectivity index (χ2n) is 5.03. The van der Waals surface area contributed by atoms with Crippen molar-refractivity contribution in [2.45, 2.75) is 31.8 Å². The van der Waals surface area contributed by atoms with Crippen molar-refractivity contribution >= 4 is 23.2 Å². The summed E-state index contributed by atoms with van der Waals surface area (Å²) in [6, 6.07) is 4.84. The van der Waals surface area contributed by atoms with E-state index in [-0.39, 0.29) is 11.8 Å². The Balaban J connectivity index is 2.11. The molecule has 2 rings (SSSR count). The van der Waals surface area contributed by atoms with Crippen molar-refractivity contribution in [3.05, 3.63) is 23.8 Å². The van der Waals surface area contributed by atoms with Crippen LogP contribution in [0.4, 0.5) is 11.4 Å². The lowest BCUT2D eigenvalue weighted by molar-refractivity contribution is -0.121. The van der Waals surface area contributed by atoms with Gasteiger partial charge in [0.05, 0.1) is 5.56 Å². The highest BCUT2D eigenvalue weighted by Gasteiger charge is 2.26. The van der Waals surface area contributed by atoms with Gasteiger partial charge in [0, 0.05) is 24.5 Å². The summed E-state index contributed by atoms with van der Waals surface area (Å²) in [4.78, 5) is 23.7. The third-order valence-corrected chi connectivity index (χ3v) is 3.20. The summed E-state index contributed by atoms with van der Waals surface area (Å²) in [6.07, 6.45) is 2.08. The van der Waals surface area contributed by atoms with E-state index in [2.05, 4.69) is 16.0 Å². The summed E-state index contributed by atoms with van der Waals surface area (Å²) < 4.78 is 0. The highest BCUT2D eigenvalue weighted by Crippen LogP contribution is 2.21. The monoisotopic (exact) mass is 276 g/mol. The van der Waals surface area contributed by atoms with E-state index in [0.717, 1.165) is 12.8 Å². The van der Waals surface area contributed by atoms with Crippen molar-refractivity contribution in [1.82, 2.24) is 10.6 Å². The summed E-state index contributed by atoms with van der Waals surface area (Å²) in [5, 5.41) is 8.53. The number of hydrogen-bond acceptors (Lipinski definition) is 4. The second kappa shape index (κ2) is 5.81. The summed E-state index contributed by atoms with van der Waals surface area (Å²) in [6.45, 7) is 1.76. The molecule has 0 bridgehead atoms. The van der Waals surface area contributed by atoms with Crippen molar-refractivity contribution in [3.8, 4) is 0 Å². The maximum atomic E-state index is 11.9. The van der Waals surface area contributed by atoms with Gasteiger partial charge in [-0.05, 0) is 38.0 Å². The summed E-state index contributed by atoms with van der Waals surface area (Å²) in [5.41, 5.74) is 7.30. The molecule has 1 aromatic rings. The number of nitrogen functional groups attached to an aromatic ring is 1. The van der Waals surface area contributed by atoms with Gasteiger partial charge in [0.2, 0.25) is 5.91 Å². The van der Waals surface area contributed by atoms with Crippen molar-refractivity contribution in [1.29, 1.82) is 0 Å². The molecule has 1 aromatic carbocycles. The fourth-order valence-electron chi connectivity index (χ4n) is 1.87. The van der Waals surface area contributed by atoms with Gasteiger partial charge in [-0.15, -0.1) is 0 Å². The van der Waals surface area contributed by atoms with Crippen LogP contribution in [-0.2, 0) is 4.79 Å². The summed E-state index contributed by atoms with van der Waals surface area (Å²) in [7, 11) is 1.56. The second-order valence-corrected chi connectivity index (χ2v) is 5.03. The molecule has 6 heteroatoms. The van der Waals surface area contributed by atoms with Gasteiger partial charge in [-0.3, -0.25) is 9.59 Å². The highest BCUT2D eigenvalue weighted by molar-refractivity contribution is 6.00. The maximum Gasteiger partial charge on any atom is 0.253 e. The van der Waals surface area contributed by atoms with Crippen molar-refractivity contribution in [3.63, 3.8) is 0 Å². The van der Waals surface area contributed by atoms with E-state index in [1.54, 1.807) is 32.2 Å². The Morgan fingerprint density at radius 3 is 2.65 bits per heavy atom. The van der Waals surface area contributed by atoms with E-state index >= 15 is 0 Å². The predicted octanol–water partition coefficient (Wildman–Crippen LogP) is 0.707. The number of nitrogens with two attached hydrogens (primary N) is 1. The van der Waals surface area contributed by atoms with Crippen LogP contribution < -0.4 is 21.7 Å². The van der Waals surface area contributed by atoms with Gasteiger partial charge in [0.1, 0.15) is 6.04 Å². The Kier molecular flexibility index (Phi) is 4.12. The van der Waals surface area contributed by atoms with Crippen LogP contribution in [0.5, 0.6) is 0 Å². The number of benzene rings is 1. The topological polar surface area (TPSA) is 96.2 Å². The lowest BCUT2D eigenvalue weighted by Crippen LogP contribution is -2.39. The molecule has 2 amide bonds. The number of rotatable bonds is 5. The Labute approximate surface area is 118 Å². The molecule has 1 unspecified atom stereocenters. The molecule has 0 aromatic heterocycles. The van der Waals surface area contributed by atoms with Crippen LogP contribution in [0.15, 0.2) is 18.2 Å². The van der Waals surface area contributed by atoms with Gasteiger partial charge in [-0.2, -0.15) is 0 Å². The van der Waals surface area contributed by atoms with E-state index < -0.39 is 6.04 Å². The first-order valence-corrected chi connectivity index (χ1v) is 6.69. The molecule has 20 heavy (non-hydrogen) atoms. The summed E-state index contributed by atoms with van der Waals surface area (Å²) >= 11 is 0. The maximum absolute atomic E-state index is 11.9. The first-order valence-electron chi connectivity index (χ1n) is 6.69. The molecule has 5 N–H and O–H groups in total. The predicted molar refractivity (Wildman–Crippen MR) is 78.5 cm³/mol. The van der Waals surface area contributed by atoms with Crippen LogP contribution in [0.3, 0.4) is 0 Å². The van der Waals surface area contributed by atoms with Gasteiger partial charge in [0.15, 0.2) is 0 Å². The van der Waals surface area contributed by atoms with Crippen molar-refractivity contribution in [2.24, 2.45) is 0 Å². The lowest BCUT2D eigenvalue weighted by Gasteiger charge is -2.17. The number of amides is 2. The molecular formula is C14H20N4O2. The zero-order chi connectivity index (χ0) is 14.7. The molecule has 0 heterocycles. The molecule has 0 radical (unpaired) electrons. The van der Waals surface area contributed by atoms with Crippen molar-refractivity contribution in [2.75, 3.05) is 18.1 Å². The molecule has 1 saturated carbocycles. The molecular weight excluding hydrogens is 256 g/mol. The SMILES string of the molecule is CNC(=O)c1ccc(N)cc1NC(C)C(=O)NC1CC1. The van der Waals surface area contributed by atoms with E-state index in [9.17, 15) is 9.59 Å². The number of carbonyl (C=O) groups is 2. The fraction of sp³-hybridized carbons (Fsp3) is 0.429. The third kappa shape index (κ3) is 3.40. The fourth-order valence-corrected chi connectivity index (χ4v) is 1.87. The number of nitrogens with one attached hydrogen (secondary N) is 3. The Morgan fingerprint density at radius 2 is 2.05 bits per heavy atom.